The summed E-state index contributed by atoms with van der Waals surface area (Å²) in [6, 6.07) is 83.1. The van der Waals surface area contributed by atoms with Crippen LogP contribution in [0.25, 0.3) is 71.7 Å². The van der Waals surface area contributed by atoms with Crippen molar-refractivity contribution in [3.63, 3.8) is 0 Å². The molecule has 5 aliphatic carbocycles. The Morgan fingerprint density at radius 1 is 0.373 bits per heavy atom. The normalized spacial score (nSPS) is 15.7. The van der Waals surface area contributed by atoms with Crippen molar-refractivity contribution in [2.45, 2.75) is 64.2 Å². The van der Waals surface area contributed by atoms with Crippen molar-refractivity contribution < 1.29 is 4.42 Å². The van der Waals surface area contributed by atoms with Gasteiger partial charge in [0.1, 0.15) is 11.2 Å². The molecule has 3 heteroatoms. The number of anilines is 6. The lowest BCUT2D eigenvalue weighted by Gasteiger charge is -2.34. The van der Waals surface area contributed by atoms with Gasteiger partial charge in [-0.15, -0.1) is 0 Å². The second-order valence-electron chi connectivity index (χ2n) is 24.8. The monoisotopic (exact) mass is 1060 g/mol. The van der Waals surface area contributed by atoms with Crippen LogP contribution in [-0.4, -0.2) is 0 Å². The first-order chi connectivity index (χ1) is 40.5. The maximum atomic E-state index is 7.60. The topological polar surface area (TPSA) is 19.6 Å². The van der Waals surface area contributed by atoms with Crippen LogP contribution in [0.2, 0.25) is 0 Å². The summed E-state index contributed by atoms with van der Waals surface area (Å²) >= 11 is 0. The molecule has 12 aromatic rings. The van der Waals surface area contributed by atoms with Crippen molar-refractivity contribution in [2.75, 3.05) is 9.80 Å². The number of furan rings is 1. The molecule has 0 unspecified atom stereocenters. The molecule has 0 radical (unpaired) electrons. The number of fused-ring (bicyclic) bond motifs is 21. The molecule has 3 nitrogen and oxygen atoms in total. The van der Waals surface area contributed by atoms with Gasteiger partial charge in [0.25, 0.3) is 0 Å². The zero-order chi connectivity index (χ0) is 55.7. The van der Waals surface area contributed by atoms with Crippen LogP contribution < -0.4 is 9.80 Å². The van der Waals surface area contributed by atoms with Crippen molar-refractivity contribution in [1.82, 2.24) is 0 Å². The Labute approximate surface area is 485 Å². The number of hydrogen-bond donors (Lipinski definition) is 0. The fourth-order valence-corrected chi connectivity index (χ4v) is 15.7. The van der Waals surface area contributed by atoms with Crippen molar-refractivity contribution in [1.29, 1.82) is 0 Å². The molecule has 1 aromatic heterocycles. The van der Waals surface area contributed by atoms with Crippen LogP contribution in [0.5, 0.6) is 0 Å². The molecule has 0 saturated heterocycles. The summed E-state index contributed by atoms with van der Waals surface area (Å²) in [5, 5.41) is 4.54. The minimum Gasteiger partial charge on any atom is -0.455 e. The Balaban J connectivity index is 0.999. The maximum Gasteiger partial charge on any atom is 0.145 e. The molecular formula is C80H60N2O. The fourth-order valence-electron chi connectivity index (χ4n) is 15.7. The molecule has 11 aromatic carbocycles. The quantitative estimate of drug-likeness (QED) is 0.165. The number of para-hydroxylation sites is 1. The van der Waals surface area contributed by atoms with Crippen LogP contribution in [-0.2, 0) is 16.2 Å². The maximum absolute atomic E-state index is 7.60. The highest BCUT2D eigenvalue weighted by Gasteiger charge is 2.54. The lowest BCUT2D eigenvalue weighted by atomic mass is 9.70. The van der Waals surface area contributed by atoms with Gasteiger partial charge in [0.05, 0.1) is 22.2 Å². The van der Waals surface area contributed by atoms with E-state index in [1.807, 2.05) is 0 Å². The van der Waals surface area contributed by atoms with Crippen molar-refractivity contribution in [3.05, 3.63) is 304 Å². The number of allylic oxidation sites excluding steroid dienone is 6. The van der Waals surface area contributed by atoms with E-state index in [9.17, 15) is 0 Å². The Bertz CT molecular complexity index is 4860. The highest BCUT2D eigenvalue weighted by atomic mass is 16.3. The summed E-state index contributed by atoms with van der Waals surface area (Å²) < 4.78 is 7.60. The van der Waals surface area contributed by atoms with E-state index >= 15 is 0 Å². The van der Waals surface area contributed by atoms with Crippen molar-refractivity contribution >= 4 is 72.4 Å². The average molecular weight is 1070 g/mol. The van der Waals surface area contributed by atoms with Gasteiger partial charge in [-0.05, 0) is 176 Å². The summed E-state index contributed by atoms with van der Waals surface area (Å²) in [4.78, 5) is 5.08. The molecule has 1 spiro atoms. The molecule has 0 N–H and O–H groups in total. The molecule has 0 bridgehead atoms. The Hall–Kier alpha value is -9.70. The molecule has 0 fully saturated rings. The Kier molecular flexibility index (Phi) is 9.94. The zero-order valence-electron chi connectivity index (χ0n) is 47.6. The second kappa shape index (κ2) is 17.2. The molecule has 0 aliphatic heterocycles. The first-order valence-electron chi connectivity index (χ1n) is 29.5. The van der Waals surface area contributed by atoms with E-state index in [2.05, 4.69) is 294 Å². The number of nitrogens with zero attached hydrogens (tertiary/aromatic N) is 2. The Morgan fingerprint density at radius 3 is 1.52 bits per heavy atom. The molecular weight excluding hydrogens is 1000 g/mol. The summed E-state index contributed by atoms with van der Waals surface area (Å²) in [5.41, 5.74) is 30.2. The zero-order valence-corrected chi connectivity index (χ0v) is 47.6. The molecule has 1 heterocycles. The molecule has 17 rings (SSSR count). The van der Waals surface area contributed by atoms with Gasteiger partial charge in [0.2, 0.25) is 0 Å². The summed E-state index contributed by atoms with van der Waals surface area (Å²) in [5.74, 6) is 0. The SMILES string of the molecule is Cc1ccc(N(c2ccc3c(c2)C(C)(C)C2=C3C=CCC=C2)c2cc3c(c4ccccc24)-c2c(cc(N(c4ccc(C)cc4)c4ccc5c(c4)C(C)(C)c4ccccc4-5)c4c2oc2ccccc24)C32c3ccccc3-c3ccccc32)cc1. The third-order valence-electron chi connectivity index (χ3n) is 19.6. The van der Waals surface area contributed by atoms with Crippen LogP contribution in [0.3, 0.4) is 0 Å². The predicted octanol–water partition coefficient (Wildman–Crippen LogP) is 21.5. The van der Waals surface area contributed by atoms with E-state index in [0.717, 1.165) is 68.0 Å². The van der Waals surface area contributed by atoms with Crippen LogP contribution in [0.15, 0.2) is 253 Å². The van der Waals surface area contributed by atoms with Crippen LogP contribution in [0.1, 0.15) is 89.8 Å². The van der Waals surface area contributed by atoms with Gasteiger partial charge in [0, 0.05) is 49.9 Å². The number of hydrogen-bond acceptors (Lipinski definition) is 3. The second-order valence-corrected chi connectivity index (χ2v) is 24.8. The summed E-state index contributed by atoms with van der Waals surface area (Å²) in [6.07, 6.45) is 10.3. The Morgan fingerprint density at radius 2 is 0.855 bits per heavy atom. The average Bonchev–Trinajstić information content (AvgIpc) is 1.51. The molecule has 0 atom stereocenters. The van der Waals surface area contributed by atoms with Gasteiger partial charge >= 0.3 is 0 Å². The van der Waals surface area contributed by atoms with E-state index < -0.39 is 5.41 Å². The van der Waals surface area contributed by atoms with Crippen LogP contribution >= 0.6 is 0 Å². The van der Waals surface area contributed by atoms with E-state index in [-0.39, 0.29) is 10.8 Å². The molecule has 396 valence electrons. The van der Waals surface area contributed by atoms with Gasteiger partial charge in [-0.2, -0.15) is 0 Å². The highest BCUT2D eigenvalue weighted by molar-refractivity contribution is 6.23. The first-order valence-corrected chi connectivity index (χ1v) is 29.5. The van der Waals surface area contributed by atoms with Gasteiger partial charge in [-0.3, -0.25) is 0 Å². The first kappa shape index (κ1) is 48.0. The van der Waals surface area contributed by atoms with E-state index in [4.69, 9.17) is 4.42 Å². The largest absolute Gasteiger partial charge is 0.455 e. The summed E-state index contributed by atoms with van der Waals surface area (Å²) in [6.45, 7) is 13.9. The lowest BCUT2D eigenvalue weighted by Crippen LogP contribution is -2.27. The van der Waals surface area contributed by atoms with E-state index in [1.54, 1.807) is 0 Å². The van der Waals surface area contributed by atoms with Crippen LogP contribution in [0.4, 0.5) is 34.1 Å². The molecule has 83 heavy (non-hydrogen) atoms. The van der Waals surface area contributed by atoms with Gasteiger partial charge in [-0.25, -0.2) is 0 Å². The minimum absolute atomic E-state index is 0.198. The van der Waals surface area contributed by atoms with Crippen LogP contribution in [0, 0.1) is 13.8 Å². The lowest BCUT2D eigenvalue weighted by molar-refractivity contribution is 0.654. The smallest absolute Gasteiger partial charge is 0.145 e. The number of benzene rings is 11. The third-order valence-corrected chi connectivity index (χ3v) is 19.6. The molecule has 0 amide bonds. The van der Waals surface area contributed by atoms with Gasteiger partial charge < -0.3 is 14.2 Å². The standard InChI is InChI=1S/C80H60N2O/c1-48-32-36-50(37-33-48)81(52-40-42-58-54-20-8-7-9-27-63(54)78(3,4)67(58)44-52)71-46-69-74(61-25-11-10-24-60(61)71)76-70(80(69)65-29-17-13-22-56(65)57-23-14-18-30-66(57)80)47-72(75-62-26-15-19-31-73(62)83-77(75)76)82(51-38-34-49(2)35-39-51)53-41-43-59-55-21-12-16-28-64(55)79(5,6)68(59)45-53/h8-47H,7H2,1-6H3. The predicted molar refractivity (Wildman–Crippen MR) is 347 cm³/mol. The number of aryl methyl sites for hydroxylation is 2. The van der Waals surface area contributed by atoms with E-state index in [1.165, 1.54) is 105 Å². The number of rotatable bonds is 6. The fraction of sp³-hybridized carbons (Fsp3) is 0.125. The molecule has 0 saturated carbocycles. The van der Waals surface area contributed by atoms with Gasteiger partial charge in [-0.1, -0.05) is 215 Å². The van der Waals surface area contributed by atoms with E-state index in [0.29, 0.717) is 0 Å². The van der Waals surface area contributed by atoms with Gasteiger partial charge in [0.15, 0.2) is 0 Å². The third kappa shape index (κ3) is 6.45. The molecule has 5 aliphatic rings. The highest BCUT2D eigenvalue weighted by Crippen LogP contribution is 2.68. The van der Waals surface area contributed by atoms with Crippen molar-refractivity contribution in [3.8, 4) is 33.4 Å². The minimum atomic E-state index is -0.766. The van der Waals surface area contributed by atoms with Crippen molar-refractivity contribution in [2.24, 2.45) is 0 Å². The summed E-state index contributed by atoms with van der Waals surface area (Å²) in [7, 11) is 0.